The molecule has 1 aromatic carbocycles. The number of unbranched alkanes of at least 4 members (excludes halogenated alkanes) is 4. The fraction of sp³-hybridized carbons (Fsp3) is 0.696. The van der Waals surface area contributed by atoms with Crippen molar-refractivity contribution in [3.8, 4) is 5.75 Å². The van der Waals surface area contributed by atoms with Crippen LogP contribution in [0.1, 0.15) is 108 Å². The monoisotopic (exact) mass is 344 g/mol. The minimum absolute atomic E-state index is 0.1000. The molecule has 0 bridgehead atoms. The molecule has 0 spiro atoms. The van der Waals surface area contributed by atoms with Gasteiger partial charge >= 0.3 is 0 Å². The molecule has 0 atom stereocenters. The topological polar surface area (TPSA) is 26.3 Å². The Morgan fingerprint density at radius 3 is 2.08 bits per heavy atom. The first-order chi connectivity index (χ1) is 11.7. The minimum atomic E-state index is 0.1000. The van der Waals surface area contributed by atoms with Crippen molar-refractivity contribution in [2.45, 2.75) is 97.3 Å². The van der Waals surface area contributed by atoms with E-state index in [0.29, 0.717) is 6.61 Å². The lowest BCUT2D eigenvalue weighted by molar-refractivity contribution is 0.101. The summed E-state index contributed by atoms with van der Waals surface area (Å²) in [7, 11) is 0. The van der Waals surface area contributed by atoms with Gasteiger partial charge in [-0.2, -0.15) is 0 Å². The van der Waals surface area contributed by atoms with Crippen LogP contribution in [-0.4, -0.2) is 12.4 Å². The van der Waals surface area contributed by atoms with Crippen LogP contribution < -0.4 is 4.74 Å². The van der Waals surface area contributed by atoms with Crippen molar-refractivity contribution in [2.75, 3.05) is 6.61 Å². The SMILES string of the molecule is CCCCCCCOc1cc2c(cc1C(C)=O)C(C)(C)CCC2(C)C. The quantitative estimate of drug-likeness (QED) is 0.393. The van der Waals surface area contributed by atoms with Crippen LogP contribution in [0.3, 0.4) is 0 Å². The molecule has 2 rings (SSSR count). The van der Waals surface area contributed by atoms with Gasteiger partial charge in [-0.15, -0.1) is 0 Å². The molecule has 0 fully saturated rings. The average Bonchev–Trinajstić information content (AvgIpc) is 2.54. The van der Waals surface area contributed by atoms with Crippen molar-refractivity contribution in [1.82, 2.24) is 0 Å². The molecule has 0 saturated heterocycles. The molecule has 1 aliphatic carbocycles. The highest BCUT2D eigenvalue weighted by atomic mass is 16.5. The molecule has 0 aromatic heterocycles. The summed E-state index contributed by atoms with van der Waals surface area (Å²) < 4.78 is 6.09. The highest BCUT2D eigenvalue weighted by molar-refractivity contribution is 5.97. The number of benzene rings is 1. The van der Waals surface area contributed by atoms with E-state index in [-0.39, 0.29) is 16.6 Å². The summed E-state index contributed by atoms with van der Waals surface area (Å²) in [5.74, 6) is 0.885. The smallest absolute Gasteiger partial charge is 0.163 e. The van der Waals surface area contributed by atoms with Gasteiger partial charge < -0.3 is 4.74 Å². The van der Waals surface area contributed by atoms with E-state index in [4.69, 9.17) is 4.74 Å². The summed E-state index contributed by atoms with van der Waals surface area (Å²) in [5.41, 5.74) is 3.68. The van der Waals surface area contributed by atoms with Crippen molar-refractivity contribution < 1.29 is 9.53 Å². The lowest BCUT2D eigenvalue weighted by atomic mass is 9.63. The standard InChI is InChI=1S/C23H36O2/c1-7-8-9-10-11-14-25-21-16-20-19(15-18(21)17(2)24)22(3,4)12-13-23(20,5)6/h15-16H,7-14H2,1-6H3. The van der Waals surface area contributed by atoms with Crippen molar-refractivity contribution in [1.29, 1.82) is 0 Å². The maximum Gasteiger partial charge on any atom is 0.163 e. The summed E-state index contributed by atoms with van der Waals surface area (Å²) in [6.07, 6.45) is 8.40. The number of rotatable bonds is 8. The number of hydrogen-bond donors (Lipinski definition) is 0. The summed E-state index contributed by atoms with van der Waals surface area (Å²) in [6.45, 7) is 13.8. The molecule has 2 heteroatoms. The second kappa shape index (κ2) is 7.93. The molecule has 0 N–H and O–H groups in total. The number of hydrogen-bond acceptors (Lipinski definition) is 2. The Kier molecular flexibility index (Phi) is 6.35. The maximum atomic E-state index is 12.2. The van der Waals surface area contributed by atoms with Gasteiger partial charge in [-0.1, -0.05) is 60.3 Å². The number of ketones is 1. The highest BCUT2D eigenvalue weighted by Crippen LogP contribution is 2.47. The Hall–Kier alpha value is -1.31. The number of carbonyl (C=O) groups excluding carboxylic acids is 1. The van der Waals surface area contributed by atoms with E-state index in [2.05, 4.69) is 46.8 Å². The molecule has 25 heavy (non-hydrogen) atoms. The average molecular weight is 345 g/mol. The zero-order valence-electron chi connectivity index (χ0n) is 17.1. The predicted molar refractivity (Wildman–Crippen MR) is 106 cm³/mol. The van der Waals surface area contributed by atoms with E-state index in [0.717, 1.165) is 24.2 Å². The largest absolute Gasteiger partial charge is 0.493 e. The molecule has 140 valence electrons. The van der Waals surface area contributed by atoms with Crippen LogP contribution in [0.4, 0.5) is 0 Å². The Labute approximate surface area is 154 Å². The first kappa shape index (κ1) is 20.0. The Bertz CT molecular complexity index is 611. The van der Waals surface area contributed by atoms with Crippen LogP contribution in [0.2, 0.25) is 0 Å². The molecule has 1 aliphatic rings. The first-order valence-electron chi connectivity index (χ1n) is 10.0. The van der Waals surface area contributed by atoms with Crippen molar-refractivity contribution in [3.05, 3.63) is 28.8 Å². The molecular formula is C23H36O2. The van der Waals surface area contributed by atoms with E-state index in [9.17, 15) is 4.79 Å². The first-order valence-corrected chi connectivity index (χ1v) is 10.0. The van der Waals surface area contributed by atoms with Gasteiger partial charge in [0, 0.05) is 0 Å². The van der Waals surface area contributed by atoms with Crippen LogP contribution in [0.25, 0.3) is 0 Å². The summed E-state index contributed by atoms with van der Waals surface area (Å²) >= 11 is 0. The van der Waals surface area contributed by atoms with Gasteiger partial charge in [-0.25, -0.2) is 0 Å². The number of carbonyl (C=O) groups is 1. The fourth-order valence-corrected chi connectivity index (χ4v) is 3.88. The number of fused-ring (bicyclic) bond motifs is 1. The second-order valence-corrected chi connectivity index (χ2v) is 8.98. The molecule has 1 aromatic rings. The second-order valence-electron chi connectivity index (χ2n) is 8.98. The van der Waals surface area contributed by atoms with E-state index >= 15 is 0 Å². The van der Waals surface area contributed by atoms with Gasteiger partial charge in [0.15, 0.2) is 5.78 Å². The summed E-state index contributed by atoms with van der Waals surface area (Å²) in [4.78, 5) is 12.2. The van der Waals surface area contributed by atoms with Crippen LogP contribution in [0.15, 0.2) is 12.1 Å². The molecule has 0 radical (unpaired) electrons. The number of ether oxygens (including phenoxy) is 1. The Morgan fingerprint density at radius 2 is 1.52 bits per heavy atom. The maximum absolute atomic E-state index is 12.2. The molecule has 0 saturated carbocycles. The Morgan fingerprint density at radius 1 is 0.960 bits per heavy atom. The van der Waals surface area contributed by atoms with Crippen molar-refractivity contribution in [3.63, 3.8) is 0 Å². The molecule has 0 amide bonds. The van der Waals surface area contributed by atoms with Gasteiger partial charge in [0.1, 0.15) is 5.75 Å². The van der Waals surface area contributed by atoms with Crippen molar-refractivity contribution in [2.24, 2.45) is 0 Å². The highest BCUT2D eigenvalue weighted by Gasteiger charge is 2.38. The third-order valence-electron chi connectivity index (χ3n) is 5.84. The molecule has 0 heterocycles. The van der Waals surface area contributed by atoms with Gasteiger partial charge in [0.25, 0.3) is 0 Å². The van der Waals surface area contributed by atoms with E-state index < -0.39 is 0 Å². The molecule has 2 nitrogen and oxygen atoms in total. The zero-order valence-corrected chi connectivity index (χ0v) is 17.1. The third kappa shape index (κ3) is 4.65. The summed E-state index contributed by atoms with van der Waals surface area (Å²) in [6, 6.07) is 4.28. The van der Waals surface area contributed by atoms with Gasteiger partial charge in [0.2, 0.25) is 0 Å². The van der Waals surface area contributed by atoms with Crippen LogP contribution >= 0.6 is 0 Å². The molecule has 0 unspecified atom stereocenters. The fourth-order valence-electron chi connectivity index (χ4n) is 3.88. The van der Waals surface area contributed by atoms with E-state index in [1.165, 1.54) is 43.2 Å². The Balaban J connectivity index is 2.26. The third-order valence-corrected chi connectivity index (χ3v) is 5.84. The predicted octanol–water partition coefficient (Wildman–Crippen LogP) is 6.59. The van der Waals surface area contributed by atoms with Gasteiger partial charge in [-0.05, 0) is 60.3 Å². The van der Waals surface area contributed by atoms with Gasteiger partial charge in [0.05, 0.1) is 12.2 Å². The molecular weight excluding hydrogens is 308 g/mol. The van der Waals surface area contributed by atoms with E-state index in [1.54, 1.807) is 6.92 Å². The van der Waals surface area contributed by atoms with Gasteiger partial charge in [-0.3, -0.25) is 4.79 Å². The van der Waals surface area contributed by atoms with Crippen LogP contribution in [-0.2, 0) is 10.8 Å². The van der Waals surface area contributed by atoms with Crippen LogP contribution in [0, 0.1) is 0 Å². The molecule has 0 aliphatic heterocycles. The van der Waals surface area contributed by atoms with Crippen molar-refractivity contribution >= 4 is 5.78 Å². The summed E-state index contributed by atoms with van der Waals surface area (Å²) in [5, 5.41) is 0. The van der Waals surface area contributed by atoms with Crippen LogP contribution in [0.5, 0.6) is 5.75 Å². The lowest BCUT2D eigenvalue weighted by Gasteiger charge is -2.42. The number of Topliss-reactive ketones (excluding diaryl/α,β-unsaturated/α-hetero) is 1. The lowest BCUT2D eigenvalue weighted by Crippen LogP contribution is -2.34. The normalized spacial score (nSPS) is 17.8. The minimum Gasteiger partial charge on any atom is -0.493 e. The van der Waals surface area contributed by atoms with E-state index in [1.807, 2.05) is 0 Å². The zero-order chi connectivity index (χ0) is 18.7.